The molecular weight excluding hydrogens is 215 g/mol. The van der Waals surface area contributed by atoms with Gasteiger partial charge in [-0.3, -0.25) is 0 Å². The highest BCUT2D eigenvalue weighted by Gasteiger charge is 2.18. The Morgan fingerprint density at radius 3 is 2.67 bits per heavy atom. The van der Waals surface area contributed by atoms with Crippen LogP contribution >= 0.6 is 0 Å². The molecule has 0 saturated carbocycles. The summed E-state index contributed by atoms with van der Waals surface area (Å²) in [6, 6.07) is 4.32. The van der Waals surface area contributed by atoms with E-state index < -0.39 is 0 Å². The molecule has 1 unspecified atom stereocenters. The summed E-state index contributed by atoms with van der Waals surface area (Å²) in [6.45, 7) is 4.29. The lowest BCUT2D eigenvalue weighted by molar-refractivity contribution is 1.01. The molecule has 0 fully saturated rings. The average Bonchev–Trinajstić information content (AvgIpc) is 2.53. The average molecular weight is 230 g/mol. The van der Waals surface area contributed by atoms with Crippen LogP contribution in [0.1, 0.15) is 22.3 Å². The molecule has 0 saturated heterocycles. The Kier molecular flexibility index (Phi) is 2.63. The van der Waals surface area contributed by atoms with Crippen LogP contribution in [0.2, 0.25) is 0 Å². The van der Waals surface area contributed by atoms with Crippen molar-refractivity contribution in [3.8, 4) is 0 Å². The van der Waals surface area contributed by atoms with Crippen molar-refractivity contribution < 1.29 is 0 Å². The fraction of sp³-hybridized carbons (Fsp3) is 0.176. The maximum atomic E-state index is 6.43. The molecule has 3 rings (SSSR count). The number of benzene rings is 1. The normalized spacial score (nSPS) is 20.7. The molecule has 0 aliphatic heterocycles. The van der Waals surface area contributed by atoms with Gasteiger partial charge in [0, 0.05) is 5.92 Å². The molecule has 2 aliphatic rings. The van der Waals surface area contributed by atoms with Gasteiger partial charge in [0.25, 0.3) is 0 Å². The van der Waals surface area contributed by atoms with Gasteiger partial charge in [0.2, 0.25) is 0 Å². The zero-order valence-corrected chi connectivity index (χ0v) is 10.8. The Balaban J connectivity index is 2.32. The number of fused-ring (bicyclic) bond motifs is 2. The molecule has 1 aromatic carbocycles. The molecule has 2 radical (unpaired) electrons. The van der Waals surface area contributed by atoms with Gasteiger partial charge in [-0.15, -0.1) is 0 Å². The quantitative estimate of drug-likeness (QED) is 0.592. The van der Waals surface area contributed by atoms with Crippen LogP contribution in [0.5, 0.6) is 0 Å². The van der Waals surface area contributed by atoms with Gasteiger partial charge in [0.05, 0.1) is 0 Å². The Hall–Kier alpha value is -1.76. The van der Waals surface area contributed by atoms with Crippen molar-refractivity contribution in [1.29, 1.82) is 0 Å². The van der Waals surface area contributed by atoms with Crippen molar-refractivity contribution in [3.63, 3.8) is 0 Å². The van der Waals surface area contributed by atoms with Gasteiger partial charge >= 0.3 is 0 Å². The summed E-state index contributed by atoms with van der Waals surface area (Å²) < 4.78 is 0. The van der Waals surface area contributed by atoms with E-state index in [4.69, 9.17) is 7.85 Å². The van der Waals surface area contributed by atoms with E-state index >= 15 is 0 Å². The van der Waals surface area contributed by atoms with Crippen LogP contribution in [-0.2, 0) is 0 Å². The molecule has 0 nitrogen and oxygen atoms in total. The molecule has 0 spiro atoms. The Morgan fingerprint density at radius 2 is 1.83 bits per heavy atom. The standard InChI is InChI=1S/C17H15B/c1-11-7-8-14-10-9-13-5-3-4-6-15(13)17(18)16(14)12(11)2/h3-10,13H,1-2H3. The maximum absolute atomic E-state index is 6.43. The molecule has 0 aromatic heterocycles. The van der Waals surface area contributed by atoms with E-state index in [9.17, 15) is 0 Å². The molecule has 1 aromatic rings. The predicted molar refractivity (Wildman–Crippen MR) is 79.4 cm³/mol. The Bertz CT molecular complexity index is 627. The number of allylic oxidation sites excluding steroid dienone is 6. The third-order valence-corrected chi connectivity index (χ3v) is 3.90. The largest absolute Gasteiger partial charge is 0.115 e. The van der Waals surface area contributed by atoms with Crippen LogP contribution in [0.15, 0.2) is 48.1 Å². The first kappa shape index (κ1) is 11.3. The zero-order valence-electron chi connectivity index (χ0n) is 10.8. The van der Waals surface area contributed by atoms with Crippen LogP contribution in [0.25, 0.3) is 11.5 Å². The number of hydrogen-bond acceptors (Lipinski definition) is 0. The highest BCUT2D eigenvalue weighted by molar-refractivity contribution is 6.44. The molecule has 86 valence electrons. The Labute approximate surface area is 110 Å². The summed E-state index contributed by atoms with van der Waals surface area (Å²) in [4.78, 5) is 0. The van der Waals surface area contributed by atoms with Crippen LogP contribution in [0, 0.1) is 19.8 Å². The fourth-order valence-corrected chi connectivity index (χ4v) is 2.68. The molecule has 18 heavy (non-hydrogen) atoms. The monoisotopic (exact) mass is 230 g/mol. The van der Waals surface area contributed by atoms with Crippen LogP contribution in [0.4, 0.5) is 0 Å². The first-order valence-corrected chi connectivity index (χ1v) is 6.32. The van der Waals surface area contributed by atoms with Crippen LogP contribution in [-0.4, -0.2) is 7.85 Å². The van der Waals surface area contributed by atoms with Gasteiger partial charge in [-0.05, 0) is 41.7 Å². The molecular formula is C17H15B. The van der Waals surface area contributed by atoms with Crippen molar-refractivity contribution in [2.24, 2.45) is 5.92 Å². The second-order valence-corrected chi connectivity index (χ2v) is 4.97. The highest BCUT2D eigenvalue weighted by Crippen LogP contribution is 2.35. The van der Waals surface area contributed by atoms with Gasteiger partial charge in [-0.25, -0.2) is 0 Å². The number of rotatable bonds is 0. The van der Waals surface area contributed by atoms with Gasteiger partial charge in [-0.1, -0.05) is 54.1 Å². The van der Waals surface area contributed by atoms with Crippen LogP contribution in [0.3, 0.4) is 0 Å². The minimum atomic E-state index is 0.308. The summed E-state index contributed by atoms with van der Waals surface area (Å²) >= 11 is 0. The van der Waals surface area contributed by atoms with E-state index in [2.05, 4.69) is 62.4 Å². The summed E-state index contributed by atoms with van der Waals surface area (Å²) in [5, 5.41) is 0. The molecule has 2 aliphatic carbocycles. The van der Waals surface area contributed by atoms with Crippen LogP contribution < -0.4 is 0 Å². The van der Waals surface area contributed by atoms with E-state index in [1.165, 1.54) is 27.8 Å². The first-order chi connectivity index (χ1) is 8.68. The fourth-order valence-electron chi connectivity index (χ4n) is 2.68. The highest BCUT2D eigenvalue weighted by atomic mass is 14.2. The minimum absolute atomic E-state index is 0.308. The molecule has 0 bridgehead atoms. The van der Waals surface area contributed by atoms with Gasteiger partial charge < -0.3 is 0 Å². The third-order valence-electron chi connectivity index (χ3n) is 3.90. The molecule has 0 heterocycles. The lowest BCUT2D eigenvalue weighted by Crippen LogP contribution is -2.02. The van der Waals surface area contributed by atoms with E-state index in [0.717, 1.165) is 5.47 Å². The second kappa shape index (κ2) is 4.17. The number of aryl methyl sites for hydroxylation is 1. The van der Waals surface area contributed by atoms with Crippen molar-refractivity contribution in [3.05, 3.63) is 70.3 Å². The minimum Gasteiger partial charge on any atom is -0.0847 e. The molecule has 1 heteroatoms. The topological polar surface area (TPSA) is 0 Å². The third kappa shape index (κ3) is 1.62. The second-order valence-electron chi connectivity index (χ2n) is 4.97. The predicted octanol–water partition coefficient (Wildman–Crippen LogP) is 3.95. The maximum Gasteiger partial charge on any atom is 0.115 e. The zero-order chi connectivity index (χ0) is 12.7. The lowest BCUT2D eigenvalue weighted by Gasteiger charge is -2.18. The van der Waals surface area contributed by atoms with Gasteiger partial charge in [0.15, 0.2) is 0 Å². The lowest BCUT2D eigenvalue weighted by atomic mass is 9.76. The molecule has 1 atom stereocenters. The summed E-state index contributed by atoms with van der Waals surface area (Å²) in [5.41, 5.74) is 7.12. The first-order valence-electron chi connectivity index (χ1n) is 6.32. The van der Waals surface area contributed by atoms with E-state index in [-0.39, 0.29) is 0 Å². The Morgan fingerprint density at radius 1 is 1.00 bits per heavy atom. The van der Waals surface area contributed by atoms with E-state index in [1.54, 1.807) is 0 Å². The summed E-state index contributed by atoms with van der Waals surface area (Å²) in [5.74, 6) is 0.308. The smallest absolute Gasteiger partial charge is 0.0847 e. The van der Waals surface area contributed by atoms with Crippen molar-refractivity contribution in [1.82, 2.24) is 0 Å². The summed E-state index contributed by atoms with van der Waals surface area (Å²) in [7, 11) is 6.43. The number of hydrogen-bond donors (Lipinski definition) is 0. The summed E-state index contributed by atoms with van der Waals surface area (Å²) in [6.07, 6.45) is 12.9. The SMILES string of the molecule is [B]C1=C2C=CC=CC2C=Cc2ccc(C)c(C)c21. The molecule has 0 N–H and O–H groups in total. The van der Waals surface area contributed by atoms with Crippen molar-refractivity contribution in [2.75, 3.05) is 0 Å². The van der Waals surface area contributed by atoms with Gasteiger partial charge in [0.1, 0.15) is 7.85 Å². The molecule has 0 amide bonds. The van der Waals surface area contributed by atoms with Crippen molar-refractivity contribution >= 4 is 19.4 Å². The van der Waals surface area contributed by atoms with Gasteiger partial charge in [-0.2, -0.15) is 0 Å². The van der Waals surface area contributed by atoms with E-state index in [0.29, 0.717) is 5.92 Å². The van der Waals surface area contributed by atoms with Crippen molar-refractivity contribution in [2.45, 2.75) is 13.8 Å². The van der Waals surface area contributed by atoms with E-state index in [1.807, 2.05) is 0 Å².